The van der Waals surface area contributed by atoms with E-state index < -0.39 is 0 Å². The molecular formula is C24H23N5S. The van der Waals surface area contributed by atoms with Crippen molar-refractivity contribution in [3.8, 4) is 6.07 Å². The third kappa shape index (κ3) is 4.58. The number of piperazine rings is 1. The van der Waals surface area contributed by atoms with Crippen LogP contribution in [-0.4, -0.2) is 41.2 Å². The molecule has 1 N–H and O–H groups in total. The van der Waals surface area contributed by atoms with Crippen molar-refractivity contribution < 1.29 is 0 Å². The molecule has 0 radical (unpaired) electrons. The van der Waals surface area contributed by atoms with Crippen molar-refractivity contribution in [1.82, 2.24) is 15.2 Å². The summed E-state index contributed by atoms with van der Waals surface area (Å²) in [6.07, 6.45) is 1.62. The Morgan fingerprint density at radius 2 is 1.50 bits per heavy atom. The molecular weight excluding hydrogens is 390 g/mol. The van der Waals surface area contributed by atoms with Crippen LogP contribution in [0.25, 0.3) is 0 Å². The first-order chi connectivity index (χ1) is 14.7. The van der Waals surface area contributed by atoms with E-state index in [1.165, 1.54) is 11.1 Å². The second kappa shape index (κ2) is 9.38. The molecule has 1 aliphatic rings. The molecule has 1 fully saturated rings. The minimum atomic E-state index is 0.0122. The van der Waals surface area contributed by atoms with E-state index in [0.717, 1.165) is 37.1 Å². The van der Waals surface area contributed by atoms with Gasteiger partial charge in [0, 0.05) is 32.4 Å². The number of benzene rings is 2. The van der Waals surface area contributed by atoms with Gasteiger partial charge in [-0.2, -0.15) is 5.26 Å². The molecule has 0 atom stereocenters. The number of hydrogen-bond donors (Lipinski definition) is 1. The summed E-state index contributed by atoms with van der Waals surface area (Å²) in [6, 6.07) is 26.6. The molecule has 1 aromatic heterocycles. The second-order valence-electron chi connectivity index (χ2n) is 7.19. The van der Waals surface area contributed by atoms with Crippen molar-refractivity contribution in [2.45, 2.75) is 6.04 Å². The van der Waals surface area contributed by atoms with E-state index in [4.69, 9.17) is 17.5 Å². The van der Waals surface area contributed by atoms with E-state index in [9.17, 15) is 0 Å². The number of nitrogens with one attached hydrogen (secondary N) is 1. The van der Waals surface area contributed by atoms with Crippen LogP contribution in [0.1, 0.15) is 22.7 Å². The van der Waals surface area contributed by atoms with Gasteiger partial charge in [0.25, 0.3) is 0 Å². The minimum Gasteiger partial charge on any atom is -0.353 e. The summed E-state index contributed by atoms with van der Waals surface area (Å²) < 4.78 is 0. The highest BCUT2D eigenvalue weighted by molar-refractivity contribution is 7.80. The fourth-order valence-electron chi connectivity index (χ4n) is 3.64. The summed E-state index contributed by atoms with van der Waals surface area (Å²) in [6.45, 7) is 3.32. The first kappa shape index (κ1) is 19.9. The van der Waals surface area contributed by atoms with Crippen LogP contribution in [0.15, 0.2) is 79.0 Å². The standard InChI is InChI=1S/C24H23N5S/c25-17-19-11-12-22(26-18-19)28-13-15-29(16-14-28)24(30)27-23(20-7-3-1-4-8-20)21-9-5-2-6-10-21/h1-12,18,23H,13-16H2,(H,27,30). The third-order valence-corrected chi connectivity index (χ3v) is 5.68. The lowest BCUT2D eigenvalue weighted by Gasteiger charge is -2.37. The Kier molecular flexibility index (Phi) is 6.21. The third-order valence-electron chi connectivity index (χ3n) is 5.30. The number of rotatable bonds is 4. The van der Waals surface area contributed by atoms with Crippen molar-refractivity contribution >= 4 is 23.1 Å². The highest BCUT2D eigenvalue weighted by atomic mass is 32.1. The minimum absolute atomic E-state index is 0.0122. The molecule has 30 heavy (non-hydrogen) atoms. The van der Waals surface area contributed by atoms with E-state index in [1.807, 2.05) is 24.3 Å². The maximum atomic E-state index is 8.94. The average molecular weight is 414 g/mol. The van der Waals surface area contributed by atoms with Gasteiger partial charge in [-0.05, 0) is 35.5 Å². The van der Waals surface area contributed by atoms with E-state index in [2.05, 4.69) is 74.7 Å². The van der Waals surface area contributed by atoms with Crippen molar-refractivity contribution in [3.63, 3.8) is 0 Å². The van der Waals surface area contributed by atoms with Crippen molar-refractivity contribution in [3.05, 3.63) is 95.7 Å². The smallest absolute Gasteiger partial charge is 0.169 e. The zero-order valence-corrected chi connectivity index (χ0v) is 17.4. The molecule has 6 heteroatoms. The monoisotopic (exact) mass is 413 g/mol. The van der Waals surface area contributed by atoms with E-state index >= 15 is 0 Å². The van der Waals surface area contributed by atoms with E-state index in [0.29, 0.717) is 5.56 Å². The van der Waals surface area contributed by atoms with Gasteiger partial charge in [0.2, 0.25) is 0 Å². The Hall–Kier alpha value is -3.43. The molecule has 0 saturated carbocycles. The molecule has 0 unspecified atom stereocenters. The summed E-state index contributed by atoms with van der Waals surface area (Å²) in [4.78, 5) is 8.85. The summed E-state index contributed by atoms with van der Waals surface area (Å²) in [7, 11) is 0. The normalized spacial score (nSPS) is 13.7. The van der Waals surface area contributed by atoms with E-state index in [-0.39, 0.29) is 6.04 Å². The Morgan fingerprint density at radius 3 is 2.00 bits per heavy atom. The van der Waals surface area contributed by atoms with Gasteiger partial charge in [-0.1, -0.05) is 60.7 Å². The van der Waals surface area contributed by atoms with Gasteiger partial charge < -0.3 is 15.1 Å². The fraction of sp³-hybridized carbons (Fsp3) is 0.208. The maximum absolute atomic E-state index is 8.94. The number of nitriles is 1. The lowest BCUT2D eigenvalue weighted by Crippen LogP contribution is -2.52. The first-order valence-corrected chi connectivity index (χ1v) is 10.4. The molecule has 4 rings (SSSR count). The van der Waals surface area contributed by atoms with Crippen LogP contribution in [0, 0.1) is 11.3 Å². The quantitative estimate of drug-likeness (QED) is 0.658. The zero-order chi connectivity index (χ0) is 20.8. The van der Waals surface area contributed by atoms with Crippen LogP contribution >= 0.6 is 12.2 Å². The predicted octanol–water partition coefficient (Wildman–Crippen LogP) is 3.74. The number of anilines is 1. The number of nitrogens with zero attached hydrogens (tertiary/aromatic N) is 4. The summed E-state index contributed by atoms with van der Waals surface area (Å²) in [5.41, 5.74) is 2.95. The molecule has 0 amide bonds. The predicted molar refractivity (Wildman–Crippen MR) is 123 cm³/mol. The van der Waals surface area contributed by atoms with Gasteiger partial charge in [-0.25, -0.2) is 4.98 Å². The summed E-state index contributed by atoms with van der Waals surface area (Å²) in [5.74, 6) is 0.902. The zero-order valence-electron chi connectivity index (χ0n) is 16.6. The number of hydrogen-bond acceptors (Lipinski definition) is 4. The molecule has 0 spiro atoms. The van der Waals surface area contributed by atoms with Gasteiger partial charge in [-0.15, -0.1) is 0 Å². The molecule has 0 bridgehead atoms. The Morgan fingerprint density at radius 1 is 0.900 bits per heavy atom. The number of pyridine rings is 1. The van der Waals surface area contributed by atoms with Crippen LogP contribution in [0.4, 0.5) is 5.82 Å². The number of aromatic nitrogens is 1. The van der Waals surface area contributed by atoms with Gasteiger partial charge in [0.05, 0.1) is 11.6 Å². The van der Waals surface area contributed by atoms with Crippen LogP contribution < -0.4 is 10.2 Å². The van der Waals surface area contributed by atoms with Gasteiger partial charge in [0.1, 0.15) is 11.9 Å². The van der Waals surface area contributed by atoms with Crippen molar-refractivity contribution in [2.75, 3.05) is 31.1 Å². The SMILES string of the molecule is N#Cc1ccc(N2CCN(C(=S)NC(c3ccccc3)c3ccccc3)CC2)nc1. The van der Waals surface area contributed by atoms with Crippen LogP contribution in [0.5, 0.6) is 0 Å². The lowest BCUT2D eigenvalue weighted by atomic mass is 9.99. The van der Waals surface area contributed by atoms with Crippen molar-refractivity contribution in [2.24, 2.45) is 0 Å². The lowest BCUT2D eigenvalue weighted by molar-refractivity contribution is 0.376. The molecule has 2 aromatic carbocycles. The van der Waals surface area contributed by atoms with Crippen LogP contribution in [0.3, 0.4) is 0 Å². The molecule has 2 heterocycles. The summed E-state index contributed by atoms with van der Waals surface area (Å²) >= 11 is 5.78. The van der Waals surface area contributed by atoms with Crippen LogP contribution in [0.2, 0.25) is 0 Å². The Balaban J connectivity index is 1.42. The molecule has 1 aliphatic heterocycles. The first-order valence-electron chi connectivity index (χ1n) is 10.0. The van der Waals surface area contributed by atoms with Gasteiger partial charge in [-0.3, -0.25) is 0 Å². The van der Waals surface area contributed by atoms with Gasteiger partial charge in [0.15, 0.2) is 5.11 Å². The highest BCUT2D eigenvalue weighted by Gasteiger charge is 2.22. The Labute approximate surface area is 182 Å². The highest BCUT2D eigenvalue weighted by Crippen LogP contribution is 2.22. The largest absolute Gasteiger partial charge is 0.353 e. The van der Waals surface area contributed by atoms with Crippen molar-refractivity contribution in [1.29, 1.82) is 5.26 Å². The van der Waals surface area contributed by atoms with Crippen LogP contribution in [-0.2, 0) is 0 Å². The fourth-order valence-corrected chi connectivity index (χ4v) is 3.94. The Bertz CT molecular complexity index is 967. The molecule has 3 aromatic rings. The molecule has 1 saturated heterocycles. The van der Waals surface area contributed by atoms with Gasteiger partial charge >= 0.3 is 0 Å². The summed E-state index contributed by atoms with van der Waals surface area (Å²) in [5, 5.41) is 13.3. The number of thiocarbonyl (C=S) groups is 1. The molecule has 150 valence electrons. The molecule has 0 aliphatic carbocycles. The second-order valence-corrected chi connectivity index (χ2v) is 7.58. The topological polar surface area (TPSA) is 55.2 Å². The van der Waals surface area contributed by atoms with E-state index in [1.54, 1.807) is 6.20 Å². The average Bonchev–Trinajstić information content (AvgIpc) is 2.83. The molecule has 5 nitrogen and oxygen atoms in total. The maximum Gasteiger partial charge on any atom is 0.169 e.